The number of halogens is 1. The van der Waals surface area contributed by atoms with Crippen molar-refractivity contribution in [3.63, 3.8) is 0 Å². The van der Waals surface area contributed by atoms with Gasteiger partial charge in [0.1, 0.15) is 6.10 Å². The van der Waals surface area contributed by atoms with E-state index < -0.39 is 18.1 Å². The summed E-state index contributed by atoms with van der Waals surface area (Å²) in [5.74, 6) is 0.362. The van der Waals surface area contributed by atoms with E-state index in [0.29, 0.717) is 30.0 Å². The van der Waals surface area contributed by atoms with Gasteiger partial charge in [0, 0.05) is 6.54 Å². The molecule has 1 fully saturated rings. The minimum Gasteiger partial charge on any atom is -0.493 e. The van der Waals surface area contributed by atoms with E-state index in [-0.39, 0.29) is 30.8 Å². The topological polar surface area (TPSA) is 109 Å². The Labute approximate surface area is 165 Å². The standard InChI is InChI=1S/C18H26N2O6.ClH/c1-23-14-6-4-11(8-16(14)24-2)13(9-17(21)25-3)20-18(22)15-7-5-12(10-19)26-15;/h4,6,8,12-13,15H,5,7,9-10,19H2,1-3H3,(H,20,22);1H/t12-,13?,15+;/m1./s1. The molecule has 8 nitrogen and oxygen atoms in total. The maximum atomic E-state index is 12.6. The molecular weight excluding hydrogens is 376 g/mol. The molecule has 3 N–H and O–H groups in total. The third-order valence-electron chi connectivity index (χ3n) is 4.39. The number of nitrogens with two attached hydrogens (primary N) is 1. The minimum absolute atomic E-state index is 0. The van der Waals surface area contributed by atoms with Gasteiger partial charge in [-0.2, -0.15) is 0 Å². The highest BCUT2D eigenvalue weighted by Gasteiger charge is 2.32. The van der Waals surface area contributed by atoms with Gasteiger partial charge >= 0.3 is 5.97 Å². The molecule has 1 amide bonds. The molecule has 1 saturated heterocycles. The van der Waals surface area contributed by atoms with Crippen molar-refractivity contribution in [2.75, 3.05) is 27.9 Å². The van der Waals surface area contributed by atoms with Crippen molar-refractivity contribution >= 4 is 24.3 Å². The van der Waals surface area contributed by atoms with Gasteiger partial charge in [-0.15, -0.1) is 12.4 Å². The molecule has 9 heteroatoms. The first-order chi connectivity index (χ1) is 12.5. The Morgan fingerprint density at radius 2 is 1.93 bits per heavy atom. The summed E-state index contributed by atoms with van der Waals surface area (Å²) in [6, 6.07) is 4.65. The van der Waals surface area contributed by atoms with Crippen molar-refractivity contribution in [1.29, 1.82) is 0 Å². The average molecular weight is 403 g/mol. The highest BCUT2D eigenvalue weighted by atomic mass is 35.5. The predicted octanol–water partition coefficient (Wildman–Crippen LogP) is 1.35. The van der Waals surface area contributed by atoms with Crippen LogP contribution < -0.4 is 20.5 Å². The summed E-state index contributed by atoms with van der Waals surface area (Å²) in [6.45, 7) is 0.380. The van der Waals surface area contributed by atoms with E-state index in [1.165, 1.54) is 21.3 Å². The van der Waals surface area contributed by atoms with Crippen LogP contribution in [0.25, 0.3) is 0 Å². The molecule has 3 atom stereocenters. The average Bonchev–Trinajstić information content (AvgIpc) is 3.16. The summed E-state index contributed by atoms with van der Waals surface area (Å²) in [4.78, 5) is 24.3. The molecule has 152 valence electrons. The zero-order valence-electron chi connectivity index (χ0n) is 15.7. The quantitative estimate of drug-likeness (QED) is 0.631. The van der Waals surface area contributed by atoms with E-state index in [2.05, 4.69) is 5.32 Å². The first kappa shape index (κ1) is 23.0. The van der Waals surface area contributed by atoms with Gasteiger partial charge in [0.05, 0.1) is 39.9 Å². The summed E-state index contributed by atoms with van der Waals surface area (Å²) in [7, 11) is 4.37. The molecule has 0 aromatic heterocycles. The fourth-order valence-electron chi connectivity index (χ4n) is 2.91. The Bertz CT molecular complexity index is 642. The van der Waals surface area contributed by atoms with Crippen LogP contribution in [0.5, 0.6) is 11.5 Å². The minimum atomic E-state index is -0.574. The summed E-state index contributed by atoms with van der Waals surface area (Å²) >= 11 is 0. The molecule has 1 aromatic rings. The number of carbonyl (C=O) groups is 2. The van der Waals surface area contributed by atoms with Crippen molar-refractivity contribution in [2.45, 2.75) is 37.5 Å². The maximum Gasteiger partial charge on any atom is 0.307 e. The van der Waals surface area contributed by atoms with Gasteiger partial charge in [0.25, 0.3) is 0 Å². The third-order valence-corrected chi connectivity index (χ3v) is 4.39. The SMILES string of the molecule is COC(=O)CC(NC(=O)[C@@H]1CC[C@H](CN)O1)c1ccc(OC)c(OC)c1.Cl. The highest BCUT2D eigenvalue weighted by molar-refractivity contribution is 5.85. The monoisotopic (exact) mass is 402 g/mol. The van der Waals surface area contributed by atoms with E-state index in [1.54, 1.807) is 18.2 Å². The lowest BCUT2D eigenvalue weighted by molar-refractivity contribution is -0.141. The number of carbonyl (C=O) groups excluding carboxylic acids is 2. The molecule has 0 aliphatic carbocycles. The van der Waals surface area contributed by atoms with Crippen LogP contribution in [0.2, 0.25) is 0 Å². The van der Waals surface area contributed by atoms with Crippen LogP contribution in [-0.2, 0) is 19.1 Å². The Morgan fingerprint density at radius 3 is 2.48 bits per heavy atom. The number of hydrogen-bond acceptors (Lipinski definition) is 7. The fraction of sp³-hybridized carbons (Fsp3) is 0.556. The number of amides is 1. The van der Waals surface area contributed by atoms with E-state index in [4.69, 9.17) is 24.7 Å². The van der Waals surface area contributed by atoms with Crippen LogP contribution in [0.3, 0.4) is 0 Å². The van der Waals surface area contributed by atoms with Gasteiger partial charge in [-0.05, 0) is 30.5 Å². The van der Waals surface area contributed by atoms with E-state index in [9.17, 15) is 9.59 Å². The lowest BCUT2D eigenvalue weighted by Crippen LogP contribution is -2.38. The van der Waals surface area contributed by atoms with Gasteiger partial charge in [-0.25, -0.2) is 0 Å². The van der Waals surface area contributed by atoms with Crippen LogP contribution in [0.4, 0.5) is 0 Å². The lowest BCUT2D eigenvalue weighted by atomic mass is 10.0. The summed E-state index contributed by atoms with van der Waals surface area (Å²) in [5, 5.41) is 2.87. The molecule has 0 spiro atoms. The predicted molar refractivity (Wildman–Crippen MR) is 101 cm³/mol. The summed E-state index contributed by atoms with van der Waals surface area (Å²) in [5.41, 5.74) is 6.29. The van der Waals surface area contributed by atoms with Crippen molar-refractivity contribution in [2.24, 2.45) is 5.73 Å². The highest BCUT2D eigenvalue weighted by Crippen LogP contribution is 2.31. The molecule has 2 rings (SSSR count). The van der Waals surface area contributed by atoms with Crippen LogP contribution in [0, 0.1) is 0 Å². The molecule has 1 aliphatic heterocycles. The normalized spacial score (nSPS) is 19.6. The number of methoxy groups -OCH3 is 3. The lowest BCUT2D eigenvalue weighted by Gasteiger charge is -2.21. The van der Waals surface area contributed by atoms with Gasteiger partial charge in [-0.3, -0.25) is 9.59 Å². The molecule has 0 saturated carbocycles. The fourth-order valence-corrected chi connectivity index (χ4v) is 2.91. The molecule has 1 unspecified atom stereocenters. The third kappa shape index (κ3) is 5.98. The Kier molecular flexibility index (Phi) is 9.34. The van der Waals surface area contributed by atoms with Gasteiger partial charge in [0.15, 0.2) is 11.5 Å². The number of hydrogen-bond donors (Lipinski definition) is 2. The summed E-state index contributed by atoms with van der Waals surface area (Å²) in [6.07, 6.45) is 0.664. The number of benzene rings is 1. The van der Waals surface area contributed by atoms with Gasteiger partial charge in [0.2, 0.25) is 5.91 Å². The molecular formula is C18H27ClN2O6. The molecule has 27 heavy (non-hydrogen) atoms. The first-order valence-electron chi connectivity index (χ1n) is 8.47. The zero-order valence-corrected chi connectivity index (χ0v) is 16.5. The van der Waals surface area contributed by atoms with Crippen LogP contribution in [0.1, 0.15) is 30.9 Å². The Hall–Kier alpha value is -2.03. The number of rotatable bonds is 8. The van der Waals surface area contributed by atoms with Crippen molar-refractivity contribution in [3.05, 3.63) is 23.8 Å². The molecule has 0 bridgehead atoms. The van der Waals surface area contributed by atoms with E-state index in [1.807, 2.05) is 0 Å². The van der Waals surface area contributed by atoms with E-state index >= 15 is 0 Å². The van der Waals surface area contributed by atoms with Crippen LogP contribution in [-0.4, -0.2) is 52.0 Å². The van der Waals surface area contributed by atoms with Crippen molar-refractivity contribution in [3.8, 4) is 11.5 Å². The molecule has 1 heterocycles. The summed E-state index contributed by atoms with van der Waals surface area (Å²) < 4.78 is 20.9. The van der Waals surface area contributed by atoms with Crippen molar-refractivity contribution in [1.82, 2.24) is 5.32 Å². The van der Waals surface area contributed by atoms with Gasteiger partial charge in [-0.1, -0.05) is 6.07 Å². The molecule has 0 radical (unpaired) electrons. The van der Waals surface area contributed by atoms with Crippen molar-refractivity contribution < 1.29 is 28.5 Å². The Morgan fingerprint density at radius 1 is 1.22 bits per heavy atom. The second-order valence-electron chi connectivity index (χ2n) is 6.02. The second-order valence-corrected chi connectivity index (χ2v) is 6.02. The zero-order chi connectivity index (χ0) is 19.1. The first-order valence-corrected chi connectivity index (χ1v) is 8.47. The Balaban J connectivity index is 0.00000364. The number of esters is 1. The van der Waals surface area contributed by atoms with E-state index in [0.717, 1.165) is 6.42 Å². The van der Waals surface area contributed by atoms with Crippen LogP contribution in [0.15, 0.2) is 18.2 Å². The number of ether oxygens (including phenoxy) is 4. The maximum absolute atomic E-state index is 12.6. The number of nitrogens with one attached hydrogen (secondary N) is 1. The van der Waals surface area contributed by atoms with Crippen LogP contribution >= 0.6 is 12.4 Å². The van der Waals surface area contributed by atoms with Gasteiger partial charge < -0.3 is 30.0 Å². The second kappa shape index (κ2) is 11.0. The molecule has 1 aromatic carbocycles. The largest absolute Gasteiger partial charge is 0.493 e. The molecule has 1 aliphatic rings. The smallest absolute Gasteiger partial charge is 0.307 e.